The van der Waals surface area contributed by atoms with Crippen molar-refractivity contribution in [2.75, 3.05) is 18.1 Å². The SMILES string of the molecule is C[C@@H](NC(=O)CNc1cccc(S(C)(=O)=O)c1)c1ccco1. The largest absolute Gasteiger partial charge is 0.467 e. The van der Waals surface area contributed by atoms with Crippen molar-refractivity contribution in [3.63, 3.8) is 0 Å². The maximum atomic E-state index is 11.9. The Morgan fingerprint density at radius 2 is 2.05 bits per heavy atom. The first-order valence-corrected chi connectivity index (χ1v) is 8.62. The van der Waals surface area contributed by atoms with Gasteiger partial charge in [0.1, 0.15) is 5.76 Å². The van der Waals surface area contributed by atoms with Gasteiger partial charge in [0.05, 0.1) is 23.7 Å². The van der Waals surface area contributed by atoms with Gasteiger partial charge in [-0.25, -0.2) is 8.42 Å². The normalized spacial score (nSPS) is 12.6. The zero-order valence-electron chi connectivity index (χ0n) is 12.4. The molecule has 7 heteroatoms. The van der Waals surface area contributed by atoms with Gasteiger partial charge in [-0.15, -0.1) is 0 Å². The third kappa shape index (κ3) is 4.36. The van der Waals surface area contributed by atoms with Gasteiger partial charge in [-0.2, -0.15) is 0 Å². The van der Waals surface area contributed by atoms with Gasteiger partial charge in [0, 0.05) is 11.9 Å². The molecule has 0 spiro atoms. The number of anilines is 1. The Morgan fingerprint density at radius 1 is 1.27 bits per heavy atom. The van der Waals surface area contributed by atoms with Crippen molar-refractivity contribution >= 4 is 21.4 Å². The molecule has 0 bridgehead atoms. The zero-order valence-corrected chi connectivity index (χ0v) is 13.2. The summed E-state index contributed by atoms with van der Waals surface area (Å²) < 4.78 is 28.2. The van der Waals surface area contributed by atoms with Gasteiger partial charge in [-0.05, 0) is 37.3 Å². The number of sulfone groups is 1. The highest BCUT2D eigenvalue weighted by Gasteiger charge is 2.12. The summed E-state index contributed by atoms with van der Waals surface area (Å²) in [7, 11) is -3.27. The molecule has 0 saturated carbocycles. The average Bonchev–Trinajstić information content (AvgIpc) is 2.99. The van der Waals surface area contributed by atoms with Crippen LogP contribution in [0.5, 0.6) is 0 Å². The fraction of sp³-hybridized carbons (Fsp3) is 0.267. The van der Waals surface area contributed by atoms with Crippen molar-refractivity contribution in [1.82, 2.24) is 5.32 Å². The van der Waals surface area contributed by atoms with Gasteiger partial charge in [-0.1, -0.05) is 6.07 Å². The molecule has 2 aromatic rings. The highest BCUT2D eigenvalue weighted by Crippen LogP contribution is 2.15. The predicted molar refractivity (Wildman–Crippen MR) is 83.3 cm³/mol. The Bertz CT molecular complexity index is 739. The molecule has 0 radical (unpaired) electrons. The third-order valence-corrected chi connectivity index (χ3v) is 4.17. The molecule has 118 valence electrons. The summed E-state index contributed by atoms with van der Waals surface area (Å²) in [6, 6.07) is 9.66. The molecule has 22 heavy (non-hydrogen) atoms. The van der Waals surface area contributed by atoms with Crippen LogP contribution in [-0.2, 0) is 14.6 Å². The minimum absolute atomic E-state index is 0.0399. The smallest absolute Gasteiger partial charge is 0.239 e. The molecule has 0 aliphatic rings. The van der Waals surface area contributed by atoms with Crippen LogP contribution in [0.2, 0.25) is 0 Å². The molecule has 0 unspecified atom stereocenters. The number of carbonyl (C=O) groups is 1. The fourth-order valence-electron chi connectivity index (χ4n) is 1.92. The van der Waals surface area contributed by atoms with Crippen molar-refractivity contribution in [2.24, 2.45) is 0 Å². The minimum atomic E-state index is -3.27. The van der Waals surface area contributed by atoms with Crippen LogP contribution in [0.4, 0.5) is 5.69 Å². The second-order valence-corrected chi connectivity index (χ2v) is 6.97. The third-order valence-electron chi connectivity index (χ3n) is 3.06. The van der Waals surface area contributed by atoms with Gasteiger partial charge < -0.3 is 15.1 Å². The monoisotopic (exact) mass is 322 g/mol. The first-order chi connectivity index (χ1) is 10.4. The Morgan fingerprint density at radius 3 is 2.68 bits per heavy atom. The van der Waals surface area contributed by atoms with E-state index in [1.807, 2.05) is 6.92 Å². The van der Waals surface area contributed by atoms with E-state index in [1.54, 1.807) is 30.5 Å². The molecule has 1 aromatic carbocycles. The standard InChI is InChI=1S/C15H18N2O4S/c1-11(14-7-4-8-21-14)17-15(18)10-16-12-5-3-6-13(9-12)22(2,19)20/h3-9,11,16H,10H2,1-2H3,(H,17,18)/t11-/m1/s1. The Kier molecular flexibility index (Phi) is 4.87. The van der Waals surface area contributed by atoms with Gasteiger partial charge in [-0.3, -0.25) is 4.79 Å². The van der Waals surface area contributed by atoms with E-state index in [1.165, 1.54) is 12.1 Å². The van der Waals surface area contributed by atoms with Crippen molar-refractivity contribution in [3.05, 3.63) is 48.4 Å². The van der Waals surface area contributed by atoms with Gasteiger partial charge in [0.2, 0.25) is 5.91 Å². The van der Waals surface area contributed by atoms with Crippen molar-refractivity contribution in [3.8, 4) is 0 Å². The predicted octanol–water partition coefficient (Wildman–Crippen LogP) is 1.97. The number of furan rings is 1. The summed E-state index contributed by atoms with van der Waals surface area (Å²) in [6.45, 7) is 1.86. The molecule has 0 fully saturated rings. The average molecular weight is 322 g/mol. The number of nitrogens with one attached hydrogen (secondary N) is 2. The number of amides is 1. The molecule has 1 atom stereocenters. The van der Waals surface area contributed by atoms with Crippen molar-refractivity contribution in [1.29, 1.82) is 0 Å². The molecule has 0 saturated heterocycles. The fourth-order valence-corrected chi connectivity index (χ4v) is 2.59. The molecule has 1 amide bonds. The van der Waals surface area contributed by atoms with E-state index in [2.05, 4.69) is 10.6 Å². The van der Waals surface area contributed by atoms with Gasteiger partial charge in [0.15, 0.2) is 9.84 Å². The van der Waals surface area contributed by atoms with E-state index in [-0.39, 0.29) is 23.4 Å². The summed E-state index contributed by atoms with van der Waals surface area (Å²) in [4.78, 5) is 12.1. The number of benzene rings is 1. The van der Waals surface area contributed by atoms with E-state index >= 15 is 0 Å². The van der Waals surface area contributed by atoms with E-state index in [0.29, 0.717) is 11.4 Å². The highest BCUT2D eigenvalue weighted by molar-refractivity contribution is 7.90. The minimum Gasteiger partial charge on any atom is -0.467 e. The van der Waals surface area contributed by atoms with E-state index in [9.17, 15) is 13.2 Å². The van der Waals surface area contributed by atoms with Crippen LogP contribution >= 0.6 is 0 Å². The Labute approximate surface area is 129 Å². The van der Waals surface area contributed by atoms with Gasteiger partial charge >= 0.3 is 0 Å². The van der Waals surface area contributed by atoms with Crippen LogP contribution in [-0.4, -0.2) is 27.1 Å². The van der Waals surface area contributed by atoms with Crippen LogP contribution in [0.15, 0.2) is 52.0 Å². The lowest BCUT2D eigenvalue weighted by atomic mass is 10.2. The summed E-state index contributed by atoms with van der Waals surface area (Å²) in [5.74, 6) is 0.459. The molecular weight excluding hydrogens is 304 g/mol. The number of hydrogen-bond donors (Lipinski definition) is 2. The van der Waals surface area contributed by atoms with Crippen LogP contribution in [0.3, 0.4) is 0 Å². The summed E-state index contributed by atoms with van der Waals surface area (Å²) in [5.41, 5.74) is 0.573. The summed E-state index contributed by atoms with van der Waals surface area (Å²) in [6.07, 6.45) is 2.69. The Hall–Kier alpha value is -2.28. The molecule has 6 nitrogen and oxygen atoms in total. The van der Waals surface area contributed by atoms with Gasteiger partial charge in [0.25, 0.3) is 0 Å². The summed E-state index contributed by atoms with van der Waals surface area (Å²) in [5, 5.41) is 5.68. The van der Waals surface area contributed by atoms with E-state index in [0.717, 1.165) is 6.26 Å². The lowest BCUT2D eigenvalue weighted by Gasteiger charge is -2.12. The Balaban J connectivity index is 1.91. The maximum absolute atomic E-state index is 11.9. The quantitative estimate of drug-likeness (QED) is 0.849. The highest BCUT2D eigenvalue weighted by atomic mass is 32.2. The maximum Gasteiger partial charge on any atom is 0.239 e. The summed E-state index contributed by atoms with van der Waals surface area (Å²) >= 11 is 0. The first kappa shape index (κ1) is 16.1. The molecule has 0 aliphatic heterocycles. The zero-order chi connectivity index (χ0) is 16.2. The van der Waals surface area contributed by atoms with Crippen LogP contribution in [0.1, 0.15) is 18.7 Å². The molecule has 1 aromatic heterocycles. The number of rotatable bonds is 6. The molecule has 0 aliphatic carbocycles. The van der Waals surface area contributed by atoms with Crippen LogP contribution in [0, 0.1) is 0 Å². The molecule has 1 heterocycles. The van der Waals surface area contributed by atoms with Crippen molar-refractivity contribution in [2.45, 2.75) is 17.9 Å². The lowest BCUT2D eigenvalue weighted by molar-refractivity contribution is -0.120. The molecular formula is C15H18N2O4S. The number of hydrogen-bond acceptors (Lipinski definition) is 5. The molecule has 2 rings (SSSR count). The molecule has 2 N–H and O–H groups in total. The van der Waals surface area contributed by atoms with E-state index in [4.69, 9.17) is 4.42 Å². The first-order valence-electron chi connectivity index (χ1n) is 6.73. The van der Waals surface area contributed by atoms with Crippen LogP contribution < -0.4 is 10.6 Å². The topological polar surface area (TPSA) is 88.4 Å². The second-order valence-electron chi connectivity index (χ2n) is 4.96. The second kappa shape index (κ2) is 6.65. The number of carbonyl (C=O) groups excluding carboxylic acids is 1. The lowest BCUT2D eigenvalue weighted by Crippen LogP contribution is -2.31. The van der Waals surface area contributed by atoms with Crippen LogP contribution in [0.25, 0.3) is 0 Å². The van der Waals surface area contributed by atoms with Crippen molar-refractivity contribution < 1.29 is 17.6 Å². The van der Waals surface area contributed by atoms with E-state index < -0.39 is 9.84 Å².